The molecule has 4 aromatic heterocycles. The van der Waals surface area contributed by atoms with Gasteiger partial charge in [0.2, 0.25) is 5.69 Å². The maximum atomic E-state index is 15.5. The monoisotopic (exact) mass is 705 g/mol. The van der Waals surface area contributed by atoms with E-state index in [1.54, 1.807) is 0 Å². The van der Waals surface area contributed by atoms with E-state index in [1.807, 2.05) is 0 Å². The van der Waals surface area contributed by atoms with E-state index in [2.05, 4.69) is 20.5 Å². The number of hydrogen-bond acceptors (Lipinski definition) is 6. The van der Waals surface area contributed by atoms with Gasteiger partial charge in [-0.1, -0.05) is 22.9 Å². The van der Waals surface area contributed by atoms with Crippen molar-refractivity contribution in [1.29, 1.82) is 0 Å². The molecule has 6 rings (SSSR count). The van der Waals surface area contributed by atoms with E-state index in [0.717, 1.165) is 24.5 Å². The van der Waals surface area contributed by atoms with Crippen molar-refractivity contribution in [2.24, 2.45) is 5.73 Å². The quantitative estimate of drug-likeness (QED) is 0.113. The summed E-state index contributed by atoms with van der Waals surface area (Å²) in [6.07, 6.45) is 0.323. The molecule has 0 radical (unpaired) electrons. The van der Waals surface area contributed by atoms with Crippen molar-refractivity contribution in [3.8, 4) is 27.9 Å². The number of nitrogens with zero attached hydrogens (tertiary/aromatic N) is 8. The van der Waals surface area contributed by atoms with E-state index < -0.39 is 47.0 Å². The smallest absolute Gasteiger partial charge is 0.436 e. The van der Waals surface area contributed by atoms with E-state index in [4.69, 9.17) is 17.3 Å². The summed E-state index contributed by atoms with van der Waals surface area (Å²) in [4.78, 5) is 11.5. The molecule has 19 heteroatoms. The minimum Gasteiger partial charge on any atom is -0.618 e. The minimum atomic E-state index is -4.84. The largest absolute Gasteiger partial charge is 0.618 e. The van der Waals surface area contributed by atoms with E-state index in [-0.39, 0.29) is 40.2 Å². The number of carbonyl (C=O) groups excluding carboxylic acids is 1. The summed E-state index contributed by atoms with van der Waals surface area (Å²) in [5.74, 6) is -2.91. The van der Waals surface area contributed by atoms with Crippen LogP contribution >= 0.6 is 11.6 Å². The van der Waals surface area contributed by atoms with Gasteiger partial charge in [-0.2, -0.15) is 36.9 Å². The van der Waals surface area contributed by atoms with Gasteiger partial charge in [0.25, 0.3) is 5.91 Å². The third kappa shape index (κ3) is 6.54. The summed E-state index contributed by atoms with van der Waals surface area (Å²) in [7, 11) is 0. The lowest BCUT2D eigenvalue weighted by Crippen LogP contribution is -2.36. The van der Waals surface area contributed by atoms with Crippen molar-refractivity contribution in [1.82, 2.24) is 34.6 Å². The molecule has 2 aromatic carbocycles. The van der Waals surface area contributed by atoms with Crippen LogP contribution < -0.4 is 10.5 Å². The van der Waals surface area contributed by atoms with Gasteiger partial charge in [-0.25, -0.2) is 18.1 Å². The fraction of sp³-hybridized carbons (Fsp3) is 0.133. The zero-order chi connectivity index (χ0) is 35.2. The highest BCUT2D eigenvalue weighted by Gasteiger charge is 2.35. The number of rotatable bonds is 9. The van der Waals surface area contributed by atoms with Crippen LogP contribution in [0.15, 0.2) is 79.5 Å². The number of carbonyl (C=O) groups is 1. The van der Waals surface area contributed by atoms with Crippen molar-refractivity contribution in [2.75, 3.05) is 0 Å². The average molecular weight is 706 g/mol. The third-order valence-corrected chi connectivity index (χ3v) is 7.72. The van der Waals surface area contributed by atoms with Gasteiger partial charge < -0.3 is 10.9 Å². The van der Waals surface area contributed by atoms with Gasteiger partial charge in [0, 0.05) is 30.4 Å². The van der Waals surface area contributed by atoms with Gasteiger partial charge in [0.15, 0.2) is 17.7 Å². The predicted molar refractivity (Wildman–Crippen MR) is 157 cm³/mol. The molecule has 2 N–H and O–H groups in total. The second-order valence-corrected chi connectivity index (χ2v) is 10.9. The molecular formula is C30H19ClF7N9O2. The van der Waals surface area contributed by atoms with Crippen LogP contribution in [-0.2, 0) is 12.6 Å². The summed E-state index contributed by atoms with van der Waals surface area (Å²) < 4.78 is 98.9. The first-order chi connectivity index (χ1) is 23.2. The van der Waals surface area contributed by atoms with Crippen molar-refractivity contribution in [2.45, 2.75) is 25.2 Å². The molecule has 0 saturated heterocycles. The Hall–Kier alpha value is -5.78. The molecule has 1 atom stereocenters. The molecule has 4 heterocycles. The van der Waals surface area contributed by atoms with Crippen LogP contribution in [0.3, 0.4) is 0 Å². The van der Waals surface area contributed by atoms with Crippen molar-refractivity contribution < 1.29 is 40.3 Å². The number of pyridine rings is 1. The maximum absolute atomic E-state index is 15.5. The number of amides is 1. The topological polar surface area (TPSA) is 136 Å². The molecule has 1 amide bonds. The third-order valence-electron chi connectivity index (χ3n) is 7.43. The zero-order valence-corrected chi connectivity index (χ0v) is 25.1. The highest BCUT2D eigenvalue weighted by molar-refractivity contribution is 6.31. The number of alkyl halides is 5. The number of aromatic nitrogens is 8. The van der Waals surface area contributed by atoms with Crippen LogP contribution in [0.4, 0.5) is 30.7 Å². The molecule has 0 bridgehead atoms. The normalized spacial score (nSPS) is 12.5. The molecule has 0 spiro atoms. The molecule has 0 aliphatic rings. The first kappa shape index (κ1) is 33.1. The Morgan fingerprint density at radius 1 is 1.00 bits per heavy atom. The first-order valence-corrected chi connectivity index (χ1v) is 14.3. The Balaban J connectivity index is 1.42. The summed E-state index contributed by atoms with van der Waals surface area (Å²) in [6.45, 7) is -2.94. The van der Waals surface area contributed by atoms with Crippen LogP contribution in [0.5, 0.6) is 0 Å². The molecule has 11 nitrogen and oxygen atoms in total. The lowest BCUT2D eigenvalue weighted by molar-refractivity contribution is -0.615. The molecule has 6 aromatic rings. The van der Waals surface area contributed by atoms with Crippen LogP contribution in [0.1, 0.15) is 40.0 Å². The molecule has 0 unspecified atom stereocenters. The van der Waals surface area contributed by atoms with E-state index >= 15 is 4.39 Å². The van der Waals surface area contributed by atoms with Crippen LogP contribution in [0, 0.1) is 16.8 Å². The van der Waals surface area contributed by atoms with E-state index in [0.29, 0.717) is 31.4 Å². The number of benzene rings is 2. The lowest BCUT2D eigenvalue weighted by atomic mass is 10.0. The molecule has 0 fully saturated rings. The number of hydrogen-bond donors (Lipinski definition) is 1. The Morgan fingerprint density at radius 2 is 1.76 bits per heavy atom. The van der Waals surface area contributed by atoms with Gasteiger partial charge in [-0.15, -0.1) is 5.10 Å². The molecule has 49 heavy (non-hydrogen) atoms. The van der Waals surface area contributed by atoms with Crippen LogP contribution in [0.2, 0.25) is 5.02 Å². The van der Waals surface area contributed by atoms with Crippen LogP contribution in [-0.4, -0.2) is 40.5 Å². The van der Waals surface area contributed by atoms with Crippen LogP contribution in [0.25, 0.3) is 27.9 Å². The molecule has 0 saturated carbocycles. The number of primary amides is 1. The highest BCUT2D eigenvalue weighted by atomic mass is 35.5. The second-order valence-electron chi connectivity index (χ2n) is 10.5. The summed E-state index contributed by atoms with van der Waals surface area (Å²) in [5, 5.41) is 27.9. The minimum absolute atomic E-state index is 0.0376. The second kappa shape index (κ2) is 12.7. The predicted octanol–water partition coefficient (Wildman–Crippen LogP) is 5.90. The standard InChI is InChI=1S/C30H19ClF7N9O2/c31-20-4-6-23(46-14-25(41-43-46)30(36,37)38)26(27(20)33)16-2-5-22(47(49)13-16)24(10-18-7-8-44(42-18)29(34)35)45-12-17(11-40-45)15-1-3-19(28(39)48)21(32)9-15/h1-9,11-14,24,29H,10H2,(H2,39,48)/t24-/m0/s1. The first-order valence-electron chi connectivity index (χ1n) is 13.9. The van der Waals surface area contributed by atoms with Gasteiger partial charge in [-0.3, -0.25) is 9.48 Å². The Morgan fingerprint density at radius 3 is 2.39 bits per heavy atom. The van der Waals surface area contributed by atoms with E-state index in [1.165, 1.54) is 53.5 Å². The van der Waals surface area contributed by atoms with Crippen molar-refractivity contribution in [3.05, 3.63) is 124 Å². The van der Waals surface area contributed by atoms with Crippen molar-refractivity contribution >= 4 is 17.5 Å². The van der Waals surface area contributed by atoms with Gasteiger partial charge in [-0.05, 0) is 42.0 Å². The average Bonchev–Trinajstić information content (AvgIpc) is 3.82. The fourth-order valence-corrected chi connectivity index (χ4v) is 5.25. The number of nitrogens with two attached hydrogens (primary N) is 1. The van der Waals surface area contributed by atoms with Gasteiger partial charge in [0.1, 0.15) is 11.9 Å². The lowest BCUT2D eigenvalue weighted by Gasteiger charge is -2.18. The van der Waals surface area contributed by atoms with Crippen molar-refractivity contribution in [3.63, 3.8) is 0 Å². The maximum Gasteiger partial charge on any atom is 0.436 e. The van der Waals surface area contributed by atoms with Gasteiger partial charge >= 0.3 is 12.7 Å². The summed E-state index contributed by atoms with van der Waals surface area (Å²) >= 11 is 6.00. The Bertz CT molecular complexity index is 2200. The molecule has 252 valence electrons. The molecule has 0 aliphatic heterocycles. The van der Waals surface area contributed by atoms with E-state index in [9.17, 15) is 36.3 Å². The van der Waals surface area contributed by atoms with Gasteiger partial charge in [0.05, 0.1) is 45.5 Å². The summed E-state index contributed by atoms with van der Waals surface area (Å²) in [6, 6.07) is 8.84. The number of halogens is 8. The molecular weight excluding hydrogens is 687 g/mol. The highest BCUT2D eigenvalue weighted by Crippen LogP contribution is 2.35. The summed E-state index contributed by atoms with van der Waals surface area (Å²) in [5.41, 5.74) is 3.57. The SMILES string of the molecule is NC(=O)c1ccc(-c2cnn([C@@H](Cc3ccn(C(F)F)n3)c3ccc(-c4c(-n5cc(C(F)(F)F)nn5)ccc(Cl)c4F)c[n+]3[O-])c2)cc1F. The Labute approximate surface area is 275 Å². The molecule has 0 aliphatic carbocycles. The Kier molecular flexibility index (Phi) is 8.57. The zero-order valence-electron chi connectivity index (χ0n) is 24.4. The fourth-order valence-electron chi connectivity index (χ4n) is 5.09.